The summed E-state index contributed by atoms with van der Waals surface area (Å²) in [5.41, 5.74) is 0. The van der Waals surface area contributed by atoms with Gasteiger partial charge in [0, 0.05) is 0 Å². The van der Waals surface area contributed by atoms with Gasteiger partial charge in [0.25, 0.3) is 6.43 Å². The van der Waals surface area contributed by atoms with Crippen molar-refractivity contribution >= 4 is 0 Å². The average molecular weight is 212 g/mol. The molecule has 0 spiro atoms. The molecule has 0 saturated carbocycles. The molecule has 3 atom stereocenters. The Labute approximate surface area is 69.7 Å². The van der Waals surface area contributed by atoms with Gasteiger partial charge < -0.3 is 0 Å². The van der Waals surface area contributed by atoms with E-state index in [4.69, 9.17) is 0 Å². The maximum absolute atomic E-state index is 12.4. The van der Waals surface area contributed by atoms with Crippen LogP contribution in [0.1, 0.15) is 6.92 Å². The first kappa shape index (κ1) is 12.5. The summed E-state index contributed by atoms with van der Waals surface area (Å²) in [5.74, 6) is -2.73. The van der Waals surface area contributed by atoms with Crippen LogP contribution in [0.5, 0.6) is 0 Å². The largest absolute Gasteiger partial charge is 0.394 e. The summed E-state index contributed by atoms with van der Waals surface area (Å²) in [7, 11) is 0. The molecule has 0 aliphatic carbocycles. The lowest BCUT2D eigenvalue weighted by atomic mass is 10.0. The molecule has 0 rings (SSSR count). The molecule has 0 amide bonds. The second kappa shape index (κ2) is 4.15. The van der Waals surface area contributed by atoms with E-state index in [0.717, 1.165) is 0 Å². The minimum absolute atomic E-state index is 0.319. The summed E-state index contributed by atoms with van der Waals surface area (Å²) in [6.07, 6.45) is -15.4. The molecule has 7 heteroatoms. The van der Waals surface area contributed by atoms with Crippen molar-refractivity contribution in [3.05, 3.63) is 0 Å². The third-order valence-corrected chi connectivity index (χ3v) is 1.54. The fourth-order valence-corrected chi connectivity index (χ4v) is 0.595. The standard InChI is InChI=1S/C6H7F7/c1-2(6(11,12)13)3(7)4(8)5(9)10/h2-5H,1H3. The first-order chi connectivity index (χ1) is 5.68. The first-order valence-corrected chi connectivity index (χ1v) is 3.31. The van der Waals surface area contributed by atoms with Gasteiger partial charge in [-0.1, -0.05) is 6.92 Å². The van der Waals surface area contributed by atoms with Crippen molar-refractivity contribution in [3.63, 3.8) is 0 Å². The highest BCUT2D eigenvalue weighted by atomic mass is 19.4. The van der Waals surface area contributed by atoms with E-state index < -0.39 is 30.9 Å². The molecule has 0 aromatic carbocycles. The fraction of sp³-hybridized carbons (Fsp3) is 1.00. The zero-order valence-electron chi connectivity index (χ0n) is 6.46. The van der Waals surface area contributed by atoms with E-state index in [9.17, 15) is 30.7 Å². The first-order valence-electron chi connectivity index (χ1n) is 3.31. The smallest absolute Gasteiger partial charge is 0.243 e. The van der Waals surface area contributed by atoms with E-state index in [1.807, 2.05) is 0 Å². The maximum Gasteiger partial charge on any atom is 0.394 e. The van der Waals surface area contributed by atoms with E-state index in [1.54, 1.807) is 0 Å². The molecule has 0 aromatic heterocycles. The number of hydrogen-bond donors (Lipinski definition) is 0. The quantitative estimate of drug-likeness (QED) is 0.630. The van der Waals surface area contributed by atoms with E-state index in [2.05, 4.69) is 0 Å². The van der Waals surface area contributed by atoms with Gasteiger partial charge in [0.05, 0.1) is 5.92 Å². The Hall–Kier alpha value is -0.490. The summed E-state index contributed by atoms with van der Waals surface area (Å²) >= 11 is 0. The molecule has 0 fully saturated rings. The Morgan fingerprint density at radius 2 is 1.23 bits per heavy atom. The SMILES string of the molecule is CC(C(F)C(F)C(F)F)C(F)(F)F. The van der Waals surface area contributed by atoms with Gasteiger partial charge in [-0.05, 0) is 0 Å². The average Bonchev–Trinajstić information content (AvgIpc) is 1.98. The number of rotatable bonds is 3. The molecule has 3 unspecified atom stereocenters. The van der Waals surface area contributed by atoms with Crippen LogP contribution in [0.3, 0.4) is 0 Å². The van der Waals surface area contributed by atoms with Crippen molar-refractivity contribution in [2.75, 3.05) is 0 Å². The molecule has 13 heavy (non-hydrogen) atoms. The van der Waals surface area contributed by atoms with E-state index in [0.29, 0.717) is 6.92 Å². The van der Waals surface area contributed by atoms with Crippen molar-refractivity contribution in [3.8, 4) is 0 Å². The predicted molar refractivity (Wildman–Crippen MR) is 31.0 cm³/mol. The zero-order valence-corrected chi connectivity index (χ0v) is 6.46. The normalized spacial score (nSPS) is 20.1. The third kappa shape index (κ3) is 3.40. The van der Waals surface area contributed by atoms with Crippen molar-refractivity contribution in [1.82, 2.24) is 0 Å². The monoisotopic (exact) mass is 212 g/mol. The summed E-state index contributed by atoms with van der Waals surface area (Å²) in [4.78, 5) is 0. The second-order valence-electron chi connectivity index (χ2n) is 2.55. The Kier molecular flexibility index (Phi) is 3.99. The summed E-state index contributed by atoms with van der Waals surface area (Å²) < 4.78 is 82.3. The molecule has 0 aliphatic rings. The van der Waals surface area contributed by atoms with Crippen LogP contribution in [0.2, 0.25) is 0 Å². The Morgan fingerprint density at radius 3 is 1.46 bits per heavy atom. The third-order valence-electron chi connectivity index (χ3n) is 1.54. The molecule has 0 aliphatic heterocycles. The molecule has 80 valence electrons. The Balaban J connectivity index is 4.34. The van der Waals surface area contributed by atoms with E-state index in [1.165, 1.54) is 0 Å². The van der Waals surface area contributed by atoms with Gasteiger partial charge in [-0.15, -0.1) is 0 Å². The van der Waals surface area contributed by atoms with Crippen LogP contribution in [0, 0.1) is 5.92 Å². The van der Waals surface area contributed by atoms with Gasteiger partial charge in [-0.2, -0.15) is 13.2 Å². The highest BCUT2D eigenvalue weighted by Gasteiger charge is 2.47. The topological polar surface area (TPSA) is 0 Å². The molecule has 0 N–H and O–H groups in total. The number of hydrogen-bond acceptors (Lipinski definition) is 0. The molecule has 0 saturated heterocycles. The summed E-state index contributed by atoms with van der Waals surface area (Å²) in [6, 6.07) is 0. The van der Waals surface area contributed by atoms with Gasteiger partial charge in [-0.25, -0.2) is 17.6 Å². The van der Waals surface area contributed by atoms with Gasteiger partial charge in [0.15, 0.2) is 6.17 Å². The van der Waals surface area contributed by atoms with Gasteiger partial charge >= 0.3 is 6.18 Å². The second-order valence-corrected chi connectivity index (χ2v) is 2.55. The van der Waals surface area contributed by atoms with E-state index >= 15 is 0 Å². The van der Waals surface area contributed by atoms with Crippen LogP contribution in [-0.2, 0) is 0 Å². The van der Waals surface area contributed by atoms with Crippen LogP contribution in [-0.4, -0.2) is 24.9 Å². The molecule has 0 bridgehead atoms. The maximum atomic E-state index is 12.4. The zero-order chi connectivity index (χ0) is 10.8. The van der Waals surface area contributed by atoms with Gasteiger partial charge in [0.2, 0.25) is 0 Å². The van der Waals surface area contributed by atoms with Gasteiger partial charge in [0.1, 0.15) is 6.17 Å². The molecule has 0 nitrogen and oxygen atoms in total. The Bertz CT molecular complexity index is 152. The molecule has 0 heterocycles. The fourth-order valence-electron chi connectivity index (χ4n) is 0.595. The van der Waals surface area contributed by atoms with Crippen molar-refractivity contribution in [1.29, 1.82) is 0 Å². The van der Waals surface area contributed by atoms with Gasteiger partial charge in [-0.3, -0.25) is 0 Å². The van der Waals surface area contributed by atoms with Crippen LogP contribution < -0.4 is 0 Å². The highest BCUT2D eigenvalue weighted by molar-refractivity contribution is 4.79. The lowest BCUT2D eigenvalue weighted by Gasteiger charge is -2.21. The van der Waals surface area contributed by atoms with Crippen molar-refractivity contribution in [2.45, 2.75) is 31.9 Å². The predicted octanol–water partition coefficient (Wildman–Crippen LogP) is 3.13. The minimum Gasteiger partial charge on any atom is -0.243 e. The van der Waals surface area contributed by atoms with Crippen molar-refractivity contribution in [2.24, 2.45) is 5.92 Å². The minimum atomic E-state index is -5.00. The molecular weight excluding hydrogens is 205 g/mol. The molecule has 0 aromatic rings. The number of alkyl halides is 7. The lowest BCUT2D eigenvalue weighted by molar-refractivity contribution is -0.196. The molecule has 0 radical (unpaired) electrons. The van der Waals surface area contributed by atoms with E-state index in [-0.39, 0.29) is 0 Å². The Morgan fingerprint density at radius 1 is 0.846 bits per heavy atom. The summed E-state index contributed by atoms with van der Waals surface area (Å²) in [5, 5.41) is 0. The highest BCUT2D eigenvalue weighted by Crippen LogP contribution is 2.33. The van der Waals surface area contributed by atoms with Crippen molar-refractivity contribution < 1.29 is 30.7 Å². The molecular formula is C6H7F7. The lowest BCUT2D eigenvalue weighted by Crippen LogP contribution is -2.38. The van der Waals surface area contributed by atoms with Crippen LogP contribution in [0.25, 0.3) is 0 Å². The number of halogens is 7. The van der Waals surface area contributed by atoms with Crippen LogP contribution in [0.15, 0.2) is 0 Å². The summed E-state index contributed by atoms with van der Waals surface area (Å²) in [6.45, 7) is 0.319. The van der Waals surface area contributed by atoms with Crippen LogP contribution in [0.4, 0.5) is 30.7 Å². The van der Waals surface area contributed by atoms with Crippen LogP contribution >= 0.6 is 0 Å².